The summed E-state index contributed by atoms with van der Waals surface area (Å²) in [5, 5.41) is 0. The Bertz CT molecular complexity index is 368. The van der Waals surface area contributed by atoms with Crippen molar-refractivity contribution in [2.75, 3.05) is 13.2 Å². The average molecular weight is 252 g/mol. The Morgan fingerprint density at radius 1 is 1.17 bits per heavy atom. The molecule has 0 bridgehead atoms. The largest absolute Gasteiger partial charge is 0.466 e. The molecule has 0 radical (unpaired) electrons. The lowest BCUT2D eigenvalue weighted by atomic mass is 9.73. The van der Waals surface area contributed by atoms with Crippen LogP contribution < -0.4 is 0 Å². The van der Waals surface area contributed by atoms with Gasteiger partial charge in [-0.2, -0.15) is 0 Å². The predicted octanol–water partition coefficient (Wildman–Crippen LogP) is 2.09. The maximum absolute atomic E-state index is 12.1. The minimum atomic E-state index is -0.378. The summed E-state index contributed by atoms with van der Waals surface area (Å²) in [5.74, 6) is -1.26. The number of rotatable bonds is 4. The van der Waals surface area contributed by atoms with E-state index in [-0.39, 0.29) is 29.2 Å². The number of hydrogen-bond acceptors (Lipinski definition) is 4. The van der Waals surface area contributed by atoms with Crippen molar-refractivity contribution >= 4 is 11.9 Å². The van der Waals surface area contributed by atoms with Gasteiger partial charge in [0.15, 0.2) is 0 Å². The van der Waals surface area contributed by atoms with Gasteiger partial charge in [-0.25, -0.2) is 0 Å². The molecule has 0 heterocycles. The van der Waals surface area contributed by atoms with E-state index in [2.05, 4.69) is 6.08 Å². The lowest BCUT2D eigenvalue weighted by molar-refractivity contribution is -0.163. The van der Waals surface area contributed by atoms with Crippen LogP contribution in [0.1, 0.15) is 33.1 Å². The molecule has 0 aliphatic heterocycles. The van der Waals surface area contributed by atoms with Crippen molar-refractivity contribution in [3.05, 3.63) is 12.2 Å². The van der Waals surface area contributed by atoms with Gasteiger partial charge in [0.05, 0.1) is 25.0 Å². The first kappa shape index (κ1) is 13.1. The minimum Gasteiger partial charge on any atom is -0.466 e. The Balaban J connectivity index is 2.19. The van der Waals surface area contributed by atoms with Crippen molar-refractivity contribution in [1.82, 2.24) is 0 Å². The number of ether oxygens (including phenoxy) is 2. The van der Waals surface area contributed by atoms with Crippen LogP contribution >= 0.6 is 0 Å². The van der Waals surface area contributed by atoms with Gasteiger partial charge >= 0.3 is 11.9 Å². The van der Waals surface area contributed by atoms with Crippen LogP contribution in [0.15, 0.2) is 12.2 Å². The molecule has 2 atom stereocenters. The Kier molecular flexibility index (Phi) is 3.73. The zero-order chi connectivity index (χ0) is 13.2. The molecule has 4 nitrogen and oxygen atoms in total. The summed E-state index contributed by atoms with van der Waals surface area (Å²) in [6, 6.07) is 0. The summed E-state index contributed by atoms with van der Waals surface area (Å²) in [7, 11) is 0. The summed E-state index contributed by atoms with van der Waals surface area (Å²) in [5.41, 5.74) is -0.137. The molecule has 0 aromatic rings. The summed E-state index contributed by atoms with van der Waals surface area (Å²) in [6.45, 7) is 4.27. The monoisotopic (exact) mass is 252 g/mol. The highest BCUT2D eigenvalue weighted by atomic mass is 16.5. The molecule has 0 aromatic carbocycles. The SMILES string of the molecule is CCOC(=O)[C@H]1CC=CC2(CC2)[C@@H]1C(=O)OCC. The molecule has 2 aliphatic rings. The highest BCUT2D eigenvalue weighted by Crippen LogP contribution is 2.58. The average Bonchev–Trinajstić information content (AvgIpc) is 3.09. The van der Waals surface area contributed by atoms with Crippen LogP contribution in [0.4, 0.5) is 0 Å². The van der Waals surface area contributed by atoms with Gasteiger partial charge in [-0.05, 0) is 33.1 Å². The highest BCUT2D eigenvalue weighted by molar-refractivity contribution is 5.84. The van der Waals surface area contributed by atoms with Crippen LogP contribution in [-0.4, -0.2) is 25.2 Å². The molecule has 100 valence electrons. The van der Waals surface area contributed by atoms with E-state index in [0.29, 0.717) is 19.6 Å². The molecule has 1 spiro atoms. The number of hydrogen-bond donors (Lipinski definition) is 0. The van der Waals surface area contributed by atoms with Crippen molar-refractivity contribution < 1.29 is 19.1 Å². The van der Waals surface area contributed by atoms with E-state index in [9.17, 15) is 9.59 Å². The van der Waals surface area contributed by atoms with Crippen LogP contribution in [0.3, 0.4) is 0 Å². The molecule has 1 saturated carbocycles. The first-order valence-electron chi connectivity index (χ1n) is 6.65. The Hall–Kier alpha value is -1.32. The third kappa shape index (κ3) is 2.28. The van der Waals surface area contributed by atoms with Gasteiger partial charge in [0.2, 0.25) is 0 Å². The second-order valence-corrected chi connectivity index (χ2v) is 4.96. The standard InChI is InChI=1S/C14H20O4/c1-3-17-12(15)10-6-5-7-14(8-9-14)11(10)13(16)18-4-2/h5,7,10-11H,3-4,6,8-9H2,1-2H3/t10-,11-/m0/s1. The van der Waals surface area contributed by atoms with Gasteiger partial charge in [-0.15, -0.1) is 0 Å². The van der Waals surface area contributed by atoms with Crippen LogP contribution in [0.2, 0.25) is 0 Å². The molecule has 2 rings (SSSR count). The highest BCUT2D eigenvalue weighted by Gasteiger charge is 2.57. The number of carbonyl (C=O) groups is 2. The van der Waals surface area contributed by atoms with E-state index in [1.54, 1.807) is 13.8 Å². The summed E-state index contributed by atoms with van der Waals surface area (Å²) in [4.78, 5) is 24.1. The van der Waals surface area contributed by atoms with E-state index in [4.69, 9.17) is 9.47 Å². The lowest BCUT2D eigenvalue weighted by Gasteiger charge is -2.31. The molecule has 4 heteroatoms. The number of carbonyl (C=O) groups excluding carboxylic acids is 2. The van der Waals surface area contributed by atoms with Gasteiger partial charge in [0, 0.05) is 5.41 Å². The molecule has 18 heavy (non-hydrogen) atoms. The molecule has 1 fully saturated rings. The second-order valence-electron chi connectivity index (χ2n) is 4.96. The van der Waals surface area contributed by atoms with E-state index >= 15 is 0 Å². The van der Waals surface area contributed by atoms with Crippen molar-refractivity contribution in [1.29, 1.82) is 0 Å². The Morgan fingerprint density at radius 3 is 2.33 bits per heavy atom. The fourth-order valence-electron chi connectivity index (χ4n) is 2.82. The maximum atomic E-state index is 12.1. The predicted molar refractivity (Wildman–Crippen MR) is 65.7 cm³/mol. The summed E-state index contributed by atoms with van der Waals surface area (Å²) in [6.07, 6.45) is 6.59. The summed E-state index contributed by atoms with van der Waals surface area (Å²) >= 11 is 0. The van der Waals surface area contributed by atoms with Crippen LogP contribution in [0, 0.1) is 17.3 Å². The van der Waals surface area contributed by atoms with Gasteiger partial charge in [0.1, 0.15) is 0 Å². The molecule has 0 aromatic heterocycles. The zero-order valence-electron chi connectivity index (χ0n) is 11.0. The van der Waals surface area contributed by atoms with Crippen LogP contribution in [0.5, 0.6) is 0 Å². The summed E-state index contributed by atoms with van der Waals surface area (Å²) < 4.78 is 10.2. The van der Waals surface area contributed by atoms with Crippen molar-refractivity contribution in [3.63, 3.8) is 0 Å². The van der Waals surface area contributed by atoms with E-state index in [0.717, 1.165) is 12.8 Å². The maximum Gasteiger partial charge on any atom is 0.310 e. The molecular weight excluding hydrogens is 232 g/mol. The zero-order valence-corrected chi connectivity index (χ0v) is 11.0. The Labute approximate surface area is 107 Å². The molecule has 0 saturated heterocycles. The van der Waals surface area contributed by atoms with Gasteiger partial charge in [-0.1, -0.05) is 12.2 Å². The quantitative estimate of drug-likeness (QED) is 0.568. The fourth-order valence-corrected chi connectivity index (χ4v) is 2.82. The van der Waals surface area contributed by atoms with Crippen molar-refractivity contribution in [2.45, 2.75) is 33.1 Å². The van der Waals surface area contributed by atoms with E-state index in [1.165, 1.54) is 0 Å². The smallest absolute Gasteiger partial charge is 0.310 e. The molecule has 0 amide bonds. The topological polar surface area (TPSA) is 52.6 Å². The lowest BCUT2D eigenvalue weighted by Crippen LogP contribution is -2.39. The third-order valence-corrected chi connectivity index (χ3v) is 3.82. The van der Waals surface area contributed by atoms with E-state index in [1.807, 2.05) is 6.08 Å². The van der Waals surface area contributed by atoms with Gasteiger partial charge in [-0.3, -0.25) is 9.59 Å². The van der Waals surface area contributed by atoms with E-state index < -0.39 is 0 Å². The third-order valence-electron chi connectivity index (χ3n) is 3.82. The second kappa shape index (κ2) is 5.12. The molecular formula is C14H20O4. The molecule has 2 aliphatic carbocycles. The number of allylic oxidation sites excluding steroid dienone is 2. The first-order valence-corrected chi connectivity index (χ1v) is 6.65. The molecule has 0 unspecified atom stereocenters. The Morgan fingerprint density at radius 2 is 1.78 bits per heavy atom. The normalized spacial score (nSPS) is 27.9. The van der Waals surface area contributed by atoms with Gasteiger partial charge in [0.25, 0.3) is 0 Å². The molecule has 0 N–H and O–H groups in total. The van der Waals surface area contributed by atoms with Crippen molar-refractivity contribution in [3.8, 4) is 0 Å². The fraction of sp³-hybridized carbons (Fsp3) is 0.714. The van der Waals surface area contributed by atoms with Gasteiger partial charge < -0.3 is 9.47 Å². The first-order chi connectivity index (χ1) is 8.64. The van der Waals surface area contributed by atoms with Crippen LogP contribution in [0.25, 0.3) is 0 Å². The number of esters is 2. The van der Waals surface area contributed by atoms with Crippen molar-refractivity contribution in [2.24, 2.45) is 17.3 Å². The van der Waals surface area contributed by atoms with Crippen LogP contribution in [-0.2, 0) is 19.1 Å². The minimum absolute atomic E-state index is 0.137.